The Morgan fingerprint density at radius 2 is 1.94 bits per heavy atom. The van der Waals surface area contributed by atoms with Gasteiger partial charge in [0.05, 0.1) is 11.5 Å². The first-order chi connectivity index (χ1) is 8.49. The number of ether oxygens (including phenoxy) is 1. The highest BCUT2D eigenvalue weighted by Gasteiger charge is 2.19. The number of rotatable bonds is 6. The van der Waals surface area contributed by atoms with E-state index in [2.05, 4.69) is 18.3 Å². The fourth-order valence-electron chi connectivity index (χ4n) is 1.70. The summed E-state index contributed by atoms with van der Waals surface area (Å²) in [6, 6.07) is 10.8. The third-order valence-corrected chi connectivity index (χ3v) is 3.05. The van der Waals surface area contributed by atoms with E-state index < -0.39 is 5.41 Å². The van der Waals surface area contributed by atoms with Gasteiger partial charge in [-0.3, -0.25) is 0 Å². The molecule has 0 amide bonds. The van der Waals surface area contributed by atoms with Gasteiger partial charge in [-0.25, -0.2) is 0 Å². The number of methoxy groups -OCH3 is 1. The van der Waals surface area contributed by atoms with Gasteiger partial charge in [-0.05, 0) is 44.9 Å². The van der Waals surface area contributed by atoms with Gasteiger partial charge in [0, 0.05) is 25.4 Å². The lowest BCUT2D eigenvalue weighted by Gasteiger charge is -2.18. The predicted molar refractivity (Wildman–Crippen MR) is 74.7 cm³/mol. The van der Waals surface area contributed by atoms with Crippen LogP contribution in [0.1, 0.15) is 32.8 Å². The highest BCUT2D eigenvalue weighted by molar-refractivity contribution is 5.47. The summed E-state index contributed by atoms with van der Waals surface area (Å²) in [5.74, 6) is 0. The van der Waals surface area contributed by atoms with Crippen molar-refractivity contribution in [2.45, 2.75) is 38.6 Å². The van der Waals surface area contributed by atoms with E-state index in [4.69, 9.17) is 10.00 Å². The zero-order valence-electron chi connectivity index (χ0n) is 11.7. The second kappa shape index (κ2) is 6.42. The quantitative estimate of drug-likeness (QED) is 0.837. The summed E-state index contributed by atoms with van der Waals surface area (Å²) in [6.07, 6.45) is 0.974. The van der Waals surface area contributed by atoms with E-state index in [1.807, 2.05) is 38.1 Å². The molecule has 18 heavy (non-hydrogen) atoms. The zero-order valence-corrected chi connectivity index (χ0v) is 11.7. The van der Waals surface area contributed by atoms with Crippen LogP contribution in [0.25, 0.3) is 0 Å². The van der Waals surface area contributed by atoms with E-state index in [1.54, 1.807) is 7.11 Å². The first kappa shape index (κ1) is 14.5. The molecule has 0 aliphatic heterocycles. The van der Waals surface area contributed by atoms with Crippen molar-refractivity contribution in [1.82, 2.24) is 0 Å². The third kappa shape index (κ3) is 4.05. The molecule has 0 saturated heterocycles. The lowest BCUT2D eigenvalue weighted by molar-refractivity contribution is 0.191. The lowest BCUT2D eigenvalue weighted by Crippen LogP contribution is -2.18. The minimum Gasteiger partial charge on any atom is -0.385 e. The summed E-state index contributed by atoms with van der Waals surface area (Å²) >= 11 is 0. The molecule has 3 heteroatoms. The second-order valence-corrected chi connectivity index (χ2v) is 5.14. The normalized spacial score (nSPS) is 12.8. The molecule has 0 fully saturated rings. The Balaban J connectivity index is 2.64. The number of hydrogen-bond donors (Lipinski definition) is 1. The molecule has 1 atom stereocenters. The molecule has 0 aliphatic rings. The third-order valence-electron chi connectivity index (χ3n) is 3.05. The van der Waals surface area contributed by atoms with Crippen molar-refractivity contribution >= 4 is 5.69 Å². The van der Waals surface area contributed by atoms with Gasteiger partial charge in [-0.15, -0.1) is 0 Å². The molecule has 1 N–H and O–H groups in total. The summed E-state index contributed by atoms with van der Waals surface area (Å²) in [5, 5.41) is 12.5. The SMILES string of the molecule is COCCC(C)Nc1ccc(C(C)(C)C#N)cc1. The number of nitrogens with one attached hydrogen (secondary N) is 1. The Morgan fingerprint density at radius 3 is 2.44 bits per heavy atom. The standard InChI is InChI=1S/C15H22N2O/c1-12(9-10-18-4)17-14-7-5-13(6-8-14)15(2,3)11-16/h5-8,12,17H,9-10H2,1-4H3. The van der Waals surface area contributed by atoms with Crippen LogP contribution in [0.3, 0.4) is 0 Å². The number of nitriles is 1. The van der Waals surface area contributed by atoms with Crippen LogP contribution >= 0.6 is 0 Å². The molecule has 0 spiro atoms. The molecule has 0 aromatic heterocycles. The van der Waals surface area contributed by atoms with Crippen molar-refractivity contribution in [3.05, 3.63) is 29.8 Å². The van der Waals surface area contributed by atoms with E-state index in [1.165, 1.54) is 0 Å². The average Bonchev–Trinajstić information content (AvgIpc) is 2.37. The summed E-state index contributed by atoms with van der Waals surface area (Å²) in [6.45, 7) is 6.74. The first-order valence-corrected chi connectivity index (χ1v) is 6.27. The van der Waals surface area contributed by atoms with Crippen molar-refractivity contribution in [3.63, 3.8) is 0 Å². The molecule has 0 radical (unpaired) electrons. The van der Waals surface area contributed by atoms with Crippen LogP contribution in [0.2, 0.25) is 0 Å². The van der Waals surface area contributed by atoms with Gasteiger partial charge >= 0.3 is 0 Å². The van der Waals surface area contributed by atoms with Crippen molar-refractivity contribution in [2.24, 2.45) is 0 Å². The van der Waals surface area contributed by atoms with Crippen molar-refractivity contribution in [1.29, 1.82) is 5.26 Å². The van der Waals surface area contributed by atoms with E-state index in [0.717, 1.165) is 24.3 Å². The molecule has 3 nitrogen and oxygen atoms in total. The van der Waals surface area contributed by atoms with Crippen molar-refractivity contribution in [2.75, 3.05) is 19.0 Å². The Morgan fingerprint density at radius 1 is 1.33 bits per heavy atom. The molecule has 1 aromatic carbocycles. The van der Waals surface area contributed by atoms with E-state index >= 15 is 0 Å². The van der Waals surface area contributed by atoms with Crippen molar-refractivity contribution in [3.8, 4) is 6.07 Å². The molecule has 0 bridgehead atoms. The highest BCUT2D eigenvalue weighted by Crippen LogP contribution is 2.23. The molecule has 1 aromatic rings. The Hall–Kier alpha value is -1.53. The van der Waals surface area contributed by atoms with E-state index in [0.29, 0.717) is 6.04 Å². The lowest BCUT2D eigenvalue weighted by atomic mass is 9.86. The van der Waals surface area contributed by atoms with Gasteiger partial charge in [0.15, 0.2) is 0 Å². The summed E-state index contributed by atoms with van der Waals surface area (Å²) in [7, 11) is 1.71. The number of benzene rings is 1. The second-order valence-electron chi connectivity index (χ2n) is 5.14. The fourth-order valence-corrected chi connectivity index (χ4v) is 1.70. The van der Waals surface area contributed by atoms with Crippen LogP contribution < -0.4 is 5.32 Å². The maximum absolute atomic E-state index is 9.08. The van der Waals surface area contributed by atoms with Gasteiger partial charge < -0.3 is 10.1 Å². The van der Waals surface area contributed by atoms with Gasteiger partial charge in [0.25, 0.3) is 0 Å². The topological polar surface area (TPSA) is 45.0 Å². The number of nitrogens with zero attached hydrogens (tertiary/aromatic N) is 1. The Labute approximate surface area is 110 Å². The fraction of sp³-hybridized carbons (Fsp3) is 0.533. The minimum absolute atomic E-state index is 0.375. The highest BCUT2D eigenvalue weighted by atomic mass is 16.5. The molecule has 0 heterocycles. The van der Waals surface area contributed by atoms with Gasteiger partial charge in [-0.2, -0.15) is 5.26 Å². The number of hydrogen-bond acceptors (Lipinski definition) is 3. The van der Waals surface area contributed by atoms with Crippen LogP contribution in [0.15, 0.2) is 24.3 Å². The monoisotopic (exact) mass is 246 g/mol. The average molecular weight is 246 g/mol. The molecule has 0 saturated carbocycles. The van der Waals surface area contributed by atoms with Gasteiger partial charge in [0.1, 0.15) is 0 Å². The van der Waals surface area contributed by atoms with Crippen LogP contribution in [-0.4, -0.2) is 19.8 Å². The largest absolute Gasteiger partial charge is 0.385 e. The maximum Gasteiger partial charge on any atom is 0.0766 e. The Bertz CT molecular complexity index is 403. The Kier molecular flexibility index (Phi) is 5.18. The predicted octanol–water partition coefficient (Wildman–Crippen LogP) is 3.32. The molecular formula is C15H22N2O. The van der Waals surface area contributed by atoms with Crippen LogP contribution in [0.4, 0.5) is 5.69 Å². The van der Waals surface area contributed by atoms with E-state index in [-0.39, 0.29) is 0 Å². The first-order valence-electron chi connectivity index (χ1n) is 6.27. The van der Waals surface area contributed by atoms with E-state index in [9.17, 15) is 0 Å². The smallest absolute Gasteiger partial charge is 0.0766 e. The zero-order chi connectivity index (χ0) is 13.6. The van der Waals surface area contributed by atoms with Gasteiger partial charge in [0.2, 0.25) is 0 Å². The van der Waals surface area contributed by atoms with Crippen LogP contribution in [-0.2, 0) is 10.2 Å². The maximum atomic E-state index is 9.08. The minimum atomic E-state index is -0.430. The number of anilines is 1. The molecule has 1 rings (SSSR count). The van der Waals surface area contributed by atoms with Crippen LogP contribution in [0.5, 0.6) is 0 Å². The van der Waals surface area contributed by atoms with Crippen LogP contribution in [0, 0.1) is 11.3 Å². The summed E-state index contributed by atoms with van der Waals surface area (Å²) in [4.78, 5) is 0. The summed E-state index contributed by atoms with van der Waals surface area (Å²) in [5.41, 5.74) is 1.69. The molecule has 98 valence electrons. The molecule has 0 aliphatic carbocycles. The summed E-state index contributed by atoms with van der Waals surface area (Å²) < 4.78 is 5.05. The molecule has 1 unspecified atom stereocenters. The van der Waals surface area contributed by atoms with Crippen molar-refractivity contribution < 1.29 is 4.74 Å². The molecular weight excluding hydrogens is 224 g/mol. The van der Waals surface area contributed by atoms with Gasteiger partial charge in [-0.1, -0.05) is 12.1 Å².